The Labute approximate surface area is 156 Å². The number of hydrogen-bond donors (Lipinski definition) is 2. The molecule has 140 valence electrons. The lowest BCUT2D eigenvalue weighted by Gasteiger charge is -2.31. The minimum Gasteiger partial charge on any atom is -0.369 e. The van der Waals surface area contributed by atoms with Crippen molar-refractivity contribution in [3.8, 4) is 0 Å². The fourth-order valence-corrected chi connectivity index (χ4v) is 3.17. The molecule has 3 N–H and O–H groups in total. The van der Waals surface area contributed by atoms with Crippen LogP contribution in [-0.4, -0.2) is 34.7 Å². The van der Waals surface area contributed by atoms with Gasteiger partial charge in [0.15, 0.2) is 0 Å². The van der Waals surface area contributed by atoms with Crippen LogP contribution in [0.15, 0.2) is 48.5 Å². The number of likely N-dealkylation sites (tertiary alicyclic amines) is 1. The Balaban J connectivity index is 1.84. The first-order valence-electron chi connectivity index (χ1n) is 8.65. The molecule has 1 saturated heterocycles. The van der Waals surface area contributed by atoms with Crippen molar-refractivity contribution in [2.75, 3.05) is 18.4 Å². The number of carbonyl (C=O) groups excluding carboxylic acids is 2. The highest BCUT2D eigenvalue weighted by Gasteiger charge is 2.28. The summed E-state index contributed by atoms with van der Waals surface area (Å²) < 4.78 is 0. The first kappa shape index (κ1) is 18.4. The van der Waals surface area contributed by atoms with Gasteiger partial charge in [0, 0.05) is 30.4 Å². The largest absolute Gasteiger partial charge is 0.369 e. The third-order valence-corrected chi connectivity index (χ3v) is 4.61. The normalized spacial score (nSPS) is 16.6. The summed E-state index contributed by atoms with van der Waals surface area (Å²) in [6.45, 7) is 0.742. The molecule has 27 heavy (non-hydrogen) atoms. The number of amides is 2. The number of carbonyl (C=O) groups is 2. The third kappa shape index (κ3) is 4.22. The van der Waals surface area contributed by atoms with Gasteiger partial charge in [-0.3, -0.25) is 19.7 Å². The van der Waals surface area contributed by atoms with Gasteiger partial charge in [0.1, 0.15) is 5.69 Å². The van der Waals surface area contributed by atoms with E-state index in [1.807, 2.05) is 18.2 Å². The van der Waals surface area contributed by atoms with Gasteiger partial charge in [-0.05, 0) is 37.1 Å². The number of nitro benzene ring substituents is 1. The molecule has 1 aliphatic heterocycles. The Kier molecular flexibility index (Phi) is 5.35. The van der Waals surface area contributed by atoms with Gasteiger partial charge in [-0.2, -0.15) is 0 Å². The van der Waals surface area contributed by atoms with Gasteiger partial charge in [0.25, 0.3) is 11.6 Å². The highest BCUT2D eigenvalue weighted by molar-refractivity contribution is 5.96. The van der Waals surface area contributed by atoms with Crippen molar-refractivity contribution in [2.45, 2.75) is 12.8 Å². The lowest BCUT2D eigenvalue weighted by molar-refractivity contribution is -0.383. The van der Waals surface area contributed by atoms with E-state index in [0.29, 0.717) is 30.8 Å². The van der Waals surface area contributed by atoms with Crippen molar-refractivity contribution < 1.29 is 14.5 Å². The van der Waals surface area contributed by atoms with Crippen LogP contribution in [0.5, 0.6) is 0 Å². The summed E-state index contributed by atoms with van der Waals surface area (Å²) in [7, 11) is 0. The van der Waals surface area contributed by atoms with Crippen molar-refractivity contribution in [3.63, 3.8) is 0 Å². The number of benzene rings is 2. The molecule has 1 unspecified atom stereocenters. The van der Waals surface area contributed by atoms with Crippen LogP contribution in [0.4, 0.5) is 17.1 Å². The zero-order chi connectivity index (χ0) is 19.4. The summed E-state index contributed by atoms with van der Waals surface area (Å²) in [6, 6.07) is 13.4. The van der Waals surface area contributed by atoms with Gasteiger partial charge in [0.05, 0.1) is 10.8 Å². The minimum atomic E-state index is -0.523. The average molecular weight is 368 g/mol. The number of rotatable bonds is 5. The van der Waals surface area contributed by atoms with E-state index in [9.17, 15) is 19.7 Å². The lowest BCUT2D eigenvalue weighted by atomic mass is 9.97. The van der Waals surface area contributed by atoms with Crippen LogP contribution < -0.4 is 11.1 Å². The summed E-state index contributed by atoms with van der Waals surface area (Å²) in [5.74, 6) is -1.15. The highest BCUT2D eigenvalue weighted by atomic mass is 16.6. The summed E-state index contributed by atoms with van der Waals surface area (Å²) in [4.78, 5) is 36.6. The molecule has 0 aromatic heterocycles. The van der Waals surface area contributed by atoms with E-state index in [-0.39, 0.29) is 29.6 Å². The molecule has 2 aromatic rings. The van der Waals surface area contributed by atoms with Crippen LogP contribution in [0.25, 0.3) is 0 Å². The minimum absolute atomic E-state index is 0.187. The van der Waals surface area contributed by atoms with Gasteiger partial charge in [0.2, 0.25) is 5.91 Å². The predicted octanol–water partition coefficient (Wildman–Crippen LogP) is 2.68. The van der Waals surface area contributed by atoms with E-state index in [4.69, 9.17) is 5.73 Å². The average Bonchev–Trinajstić information content (AvgIpc) is 2.68. The lowest BCUT2D eigenvalue weighted by Crippen LogP contribution is -2.44. The van der Waals surface area contributed by atoms with Crippen LogP contribution in [0.3, 0.4) is 0 Å². The monoisotopic (exact) mass is 368 g/mol. The van der Waals surface area contributed by atoms with E-state index in [1.165, 1.54) is 17.0 Å². The molecule has 0 bridgehead atoms. The Morgan fingerprint density at radius 1 is 1.19 bits per heavy atom. The highest BCUT2D eigenvalue weighted by Crippen LogP contribution is 2.29. The Morgan fingerprint density at radius 2 is 1.93 bits per heavy atom. The first-order chi connectivity index (χ1) is 13.0. The summed E-state index contributed by atoms with van der Waals surface area (Å²) in [5, 5.41) is 14.5. The maximum Gasteiger partial charge on any atom is 0.293 e. The molecular weight excluding hydrogens is 348 g/mol. The molecule has 0 aliphatic carbocycles. The van der Waals surface area contributed by atoms with Gasteiger partial charge < -0.3 is 16.0 Å². The number of nitrogens with zero attached hydrogens (tertiary/aromatic N) is 2. The van der Waals surface area contributed by atoms with Crippen molar-refractivity contribution >= 4 is 28.9 Å². The van der Waals surface area contributed by atoms with Crippen LogP contribution in [0.2, 0.25) is 0 Å². The zero-order valence-electron chi connectivity index (χ0n) is 14.6. The molecule has 2 amide bonds. The predicted molar refractivity (Wildman–Crippen MR) is 101 cm³/mol. The second-order valence-corrected chi connectivity index (χ2v) is 6.47. The smallest absolute Gasteiger partial charge is 0.293 e. The molecule has 8 heteroatoms. The van der Waals surface area contributed by atoms with Crippen molar-refractivity contribution in [1.29, 1.82) is 0 Å². The second kappa shape index (κ2) is 7.86. The molecule has 8 nitrogen and oxygen atoms in total. The molecule has 0 radical (unpaired) electrons. The number of piperidine rings is 1. The number of nitrogens with one attached hydrogen (secondary N) is 1. The third-order valence-electron chi connectivity index (χ3n) is 4.61. The number of nitrogens with two attached hydrogens (primary N) is 1. The van der Waals surface area contributed by atoms with E-state index in [1.54, 1.807) is 18.2 Å². The molecule has 1 heterocycles. The molecule has 1 atom stereocenters. The van der Waals surface area contributed by atoms with Crippen LogP contribution in [0.1, 0.15) is 23.2 Å². The molecule has 1 fully saturated rings. The Hall–Kier alpha value is -3.42. The SMILES string of the molecule is NC(=O)C1CCCN(C(=O)c2ccc(Nc3ccccc3)c([N+](=O)[O-])c2)C1. The van der Waals surface area contributed by atoms with E-state index in [0.717, 1.165) is 0 Å². The fourth-order valence-electron chi connectivity index (χ4n) is 3.17. The van der Waals surface area contributed by atoms with Crippen LogP contribution >= 0.6 is 0 Å². The van der Waals surface area contributed by atoms with Crippen LogP contribution in [-0.2, 0) is 4.79 Å². The number of nitro groups is 1. The van der Waals surface area contributed by atoms with Gasteiger partial charge >= 0.3 is 0 Å². The molecular formula is C19H20N4O4. The molecule has 1 aliphatic rings. The van der Waals surface area contributed by atoms with Gasteiger partial charge in [-0.1, -0.05) is 18.2 Å². The quantitative estimate of drug-likeness (QED) is 0.621. The summed E-state index contributed by atoms with van der Waals surface area (Å²) in [5.41, 5.74) is 6.39. The number of anilines is 2. The molecule has 0 spiro atoms. The summed E-state index contributed by atoms with van der Waals surface area (Å²) in [6.07, 6.45) is 1.33. The molecule has 0 saturated carbocycles. The Bertz CT molecular complexity index is 869. The van der Waals surface area contributed by atoms with Crippen LogP contribution in [0, 0.1) is 16.0 Å². The van der Waals surface area contributed by atoms with E-state index >= 15 is 0 Å². The fraction of sp³-hybridized carbons (Fsp3) is 0.263. The number of para-hydroxylation sites is 1. The molecule has 3 rings (SSSR count). The maximum atomic E-state index is 12.7. The van der Waals surface area contributed by atoms with E-state index < -0.39 is 10.8 Å². The van der Waals surface area contributed by atoms with Gasteiger partial charge in [-0.25, -0.2) is 0 Å². The maximum absolute atomic E-state index is 12.7. The standard InChI is InChI=1S/C19H20N4O4/c20-18(24)14-5-4-10-22(12-14)19(25)13-8-9-16(17(11-13)23(26)27)21-15-6-2-1-3-7-15/h1-3,6-9,11,14,21H,4-5,10,12H2,(H2,20,24). The molecule has 2 aromatic carbocycles. The topological polar surface area (TPSA) is 119 Å². The van der Waals surface area contributed by atoms with Crippen molar-refractivity contribution in [2.24, 2.45) is 11.7 Å². The number of primary amides is 1. The van der Waals surface area contributed by atoms with Gasteiger partial charge in [-0.15, -0.1) is 0 Å². The first-order valence-corrected chi connectivity index (χ1v) is 8.65. The Morgan fingerprint density at radius 3 is 2.59 bits per heavy atom. The second-order valence-electron chi connectivity index (χ2n) is 6.47. The summed E-state index contributed by atoms with van der Waals surface area (Å²) >= 11 is 0. The zero-order valence-corrected chi connectivity index (χ0v) is 14.6. The van der Waals surface area contributed by atoms with Crippen molar-refractivity contribution in [3.05, 3.63) is 64.2 Å². The number of hydrogen-bond acceptors (Lipinski definition) is 5. The van der Waals surface area contributed by atoms with E-state index in [2.05, 4.69) is 5.32 Å². The van der Waals surface area contributed by atoms with Crippen molar-refractivity contribution in [1.82, 2.24) is 4.90 Å².